The molecule has 3 unspecified atom stereocenters. The van der Waals surface area contributed by atoms with E-state index < -0.39 is 0 Å². The number of hydrogen-bond donors (Lipinski definition) is 1. The molecule has 0 spiro atoms. The molecular weight excluding hydrogens is 200 g/mol. The molecule has 0 saturated carbocycles. The summed E-state index contributed by atoms with van der Waals surface area (Å²) in [5.41, 5.74) is 0. The van der Waals surface area contributed by atoms with Gasteiger partial charge in [0.25, 0.3) is 0 Å². The monoisotopic (exact) mass is 226 g/mol. The molecule has 0 bridgehead atoms. The zero-order chi connectivity index (χ0) is 11.5. The molecule has 2 rings (SSSR count). The van der Waals surface area contributed by atoms with Gasteiger partial charge in [-0.2, -0.15) is 0 Å². The highest BCUT2D eigenvalue weighted by Gasteiger charge is 2.28. The second-order valence-corrected chi connectivity index (χ2v) is 5.62. The fraction of sp³-hybridized carbons (Fsp3) is 1.00. The lowest BCUT2D eigenvalue weighted by atomic mass is 9.98. The molecule has 3 atom stereocenters. The standard InChI is InChI=1S/C13H26N2O/c1-10-7-13(8-11(2)16-10)15(3)9-12-5-4-6-14-12/h10-14H,4-9H2,1-3H3. The number of nitrogens with zero attached hydrogens (tertiary/aromatic N) is 1. The molecule has 0 aromatic carbocycles. The highest BCUT2D eigenvalue weighted by molar-refractivity contribution is 4.84. The maximum absolute atomic E-state index is 5.79. The van der Waals surface area contributed by atoms with E-state index in [-0.39, 0.29) is 0 Å². The van der Waals surface area contributed by atoms with Crippen LogP contribution in [0.5, 0.6) is 0 Å². The molecule has 2 heterocycles. The van der Waals surface area contributed by atoms with Gasteiger partial charge in [0.05, 0.1) is 12.2 Å². The molecule has 2 aliphatic heterocycles. The van der Waals surface area contributed by atoms with Gasteiger partial charge in [-0.3, -0.25) is 0 Å². The van der Waals surface area contributed by atoms with Crippen LogP contribution in [0.4, 0.5) is 0 Å². The van der Waals surface area contributed by atoms with E-state index in [1.165, 1.54) is 38.8 Å². The molecular formula is C13H26N2O. The van der Waals surface area contributed by atoms with E-state index >= 15 is 0 Å². The van der Waals surface area contributed by atoms with E-state index in [0.717, 1.165) is 6.04 Å². The maximum atomic E-state index is 5.79. The van der Waals surface area contributed by atoms with Crippen molar-refractivity contribution in [3.8, 4) is 0 Å². The first-order valence-electron chi connectivity index (χ1n) is 6.74. The van der Waals surface area contributed by atoms with Gasteiger partial charge in [0, 0.05) is 18.6 Å². The van der Waals surface area contributed by atoms with Crippen LogP contribution in [-0.4, -0.2) is 49.3 Å². The summed E-state index contributed by atoms with van der Waals surface area (Å²) in [5, 5.41) is 3.58. The molecule has 3 heteroatoms. The number of hydrogen-bond acceptors (Lipinski definition) is 3. The van der Waals surface area contributed by atoms with Crippen LogP contribution >= 0.6 is 0 Å². The summed E-state index contributed by atoms with van der Waals surface area (Å²) in [6.45, 7) is 6.80. The Morgan fingerprint density at radius 2 is 1.94 bits per heavy atom. The Morgan fingerprint density at radius 3 is 2.50 bits per heavy atom. The van der Waals surface area contributed by atoms with E-state index in [0.29, 0.717) is 18.2 Å². The summed E-state index contributed by atoms with van der Waals surface area (Å²) in [5.74, 6) is 0. The Kier molecular flexibility index (Phi) is 4.22. The Morgan fingerprint density at radius 1 is 1.25 bits per heavy atom. The van der Waals surface area contributed by atoms with E-state index in [9.17, 15) is 0 Å². The summed E-state index contributed by atoms with van der Waals surface area (Å²) >= 11 is 0. The minimum atomic E-state index is 0.424. The topological polar surface area (TPSA) is 24.5 Å². The van der Waals surface area contributed by atoms with Crippen LogP contribution in [0.3, 0.4) is 0 Å². The molecule has 0 amide bonds. The fourth-order valence-electron chi connectivity index (χ4n) is 3.14. The zero-order valence-electron chi connectivity index (χ0n) is 10.9. The highest BCUT2D eigenvalue weighted by Crippen LogP contribution is 2.23. The fourth-order valence-corrected chi connectivity index (χ4v) is 3.14. The van der Waals surface area contributed by atoms with Gasteiger partial charge in [-0.25, -0.2) is 0 Å². The Hall–Kier alpha value is -0.120. The second-order valence-electron chi connectivity index (χ2n) is 5.62. The first-order chi connectivity index (χ1) is 7.65. The van der Waals surface area contributed by atoms with Crippen molar-refractivity contribution in [2.75, 3.05) is 20.1 Å². The van der Waals surface area contributed by atoms with E-state index in [1.807, 2.05) is 0 Å². The lowest BCUT2D eigenvalue weighted by Crippen LogP contribution is -2.46. The predicted octanol–water partition coefficient (Wildman–Crippen LogP) is 1.63. The Labute approximate surface area is 99.5 Å². The molecule has 2 fully saturated rings. The quantitative estimate of drug-likeness (QED) is 0.791. The van der Waals surface area contributed by atoms with Gasteiger partial charge in [-0.15, -0.1) is 0 Å². The van der Waals surface area contributed by atoms with Crippen LogP contribution in [0.15, 0.2) is 0 Å². The van der Waals surface area contributed by atoms with Crippen molar-refractivity contribution in [2.45, 2.75) is 63.8 Å². The van der Waals surface area contributed by atoms with Crippen LogP contribution in [-0.2, 0) is 4.74 Å². The molecule has 16 heavy (non-hydrogen) atoms. The summed E-state index contributed by atoms with van der Waals surface area (Å²) in [6, 6.07) is 1.43. The molecule has 2 aliphatic rings. The highest BCUT2D eigenvalue weighted by atomic mass is 16.5. The number of likely N-dealkylation sites (N-methyl/N-ethyl adjacent to an activating group) is 1. The van der Waals surface area contributed by atoms with Crippen LogP contribution in [0, 0.1) is 0 Å². The van der Waals surface area contributed by atoms with Crippen molar-refractivity contribution in [2.24, 2.45) is 0 Å². The predicted molar refractivity (Wildman–Crippen MR) is 66.7 cm³/mol. The Balaban J connectivity index is 1.80. The SMILES string of the molecule is CC1CC(N(C)CC2CCCN2)CC(C)O1. The molecule has 0 aliphatic carbocycles. The Bertz CT molecular complexity index is 206. The molecule has 0 aromatic heterocycles. The molecule has 2 saturated heterocycles. The number of rotatable bonds is 3. The average molecular weight is 226 g/mol. The lowest BCUT2D eigenvalue weighted by Gasteiger charge is -2.38. The van der Waals surface area contributed by atoms with E-state index in [1.54, 1.807) is 0 Å². The van der Waals surface area contributed by atoms with Crippen LogP contribution in [0.1, 0.15) is 39.5 Å². The van der Waals surface area contributed by atoms with Gasteiger partial charge in [-0.1, -0.05) is 0 Å². The summed E-state index contributed by atoms with van der Waals surface area (Å²) < 4.78 is 5.79. The summed E-state index contributed by atoms with van der Waals surface area (Å²) in [4.78, 5) is 2.54. The first-order valence-corrected chi connectivity index (χ1v) is 6.74. The molecule has 1 N–H and O–H groups in total. The summed E-state index contributed by atoms with van der Waals surface area (Å²) in [7, 11) is 2.27. The van der Waals surface area contributed by atoms with Crippen molar-refractivity contribution < 1.29 is 4.74 Å². The van der Waals surface area contributed by atoms with Gasteiger partial charge in [0.15, 0.2) is 0 Å². The minimum Gasteiger partial charge on any atom is -0.375 e. The number of nitrogens with one attached hydrogen (secondary N) is 1. The largest absolute Gasteiger partial charge is 0.375 e. The van der Waals surface area contributed by atoms with Crippen molar-refractivity contribution >= 4 is 0 Å². The van der Waals surface area contributed by atoms with Gasteiger partial charge in [0.1, 0.15) is 0 Å². The smallest absolute Gasteiger partial charge is 0.0565 e. The molecule has 0 aromatic rings. The van der Waals surface area contributed by atoms with Crippen molar-refractivity contribution in [3.63, 3.8) is 0 Å². The zero-order valence-corrected chi connectivity index (χ0v) is 10.9. The lowest BCUT2D eigenvalue weighted by molar-refractivity contribution is -0.0620. The van der Waals surface area contributed by atoms with E-state index in [2.05, 4.69) is 31.1 Å². The van der Waals surface area contributed by atoms with Crippen LogP contribution in [0.2, 0.25) is 0 Å². The normalized spacial score (nSPS) is 40.5. The van der Waals surface area contributed by atoms with Gasteiger partial charge >= 0.3 is 0 Å². The van der Waals surface area contributed by atoms with Gasteiger partial charge in [0.2, 0.25) is 0 Å². The van der Waals surface area contributed by atoms with Crippen LogP contribution in [0.25, 0.3) is 0 Å². The van der Waals surface area contributed by atoms with Crippen molar-refractivity contribution in [1.82, 2.24) is 10.2 Å². The van der Waals surface area contributed by atoms with Crippen molar-refractivity contribution in [3.05, 3.63) is 0 Å². The third-order valence-electron chi connectivity index (χ3n) is 3.97. The molecule has 0 radical (unpaired) electrons. The van der Waals surface area contributed by atoms with Gasteiger partial charge in [-0.05, 0) is 53.1 Å². The van der Waals surface area contributed by atoms with Gasteiger partial charge < -0.3 is 15.0 Å². The first kappa shape index (κ1) is 12.3. The molecule has 3 nitrogen and oxygen atoms in total. The third-order valence-corrected chi connectivity index (χ3v) is 3.97. The van der Waals surface area contributed by atoms with Crippen molar-refractivity contribution in [1.29, 1.82) is 0 Å². The third kappa shape index (κ3) is 3.19. The second kappa shape index (κ2) is 5.48. The maximum Gasteiger partial charge on any atom is 0.0565 e. The minimum absolute atomic E-state index is 0.424. The van der Waals surface area contributed by atoms with Crippen LogP contribution < -0.4 is 5.32 Å². The summed E-state index contributed by atoms with van der Waals surface area (Å²) in [6.07, 6.45) is 5.92. The number of ether oxygens (including phenoxy) is 1. The van der Waals surface area contributed by atoms with E-state index in [4.69, 9.17) is 4.74 Å². The molecule has 94 valence electrons. The average Bonchev–Trinajstić information content (AvgIpc) is 2.68.